The number of hydrogen-bond donors (Lipinski definition) is 1. The van der Waals surface area contributed by atoms with Crippen LogP contribution >= 0.6 is 11.3 Å². The second-order valence-electron chi connectivity index (χ2n) is 6.32. The van der Waals surface area contributed by atoms with Crippen LogP contribution in [-0.4, -0.2) is 20.3 Å². The van der Waals surface area contributed by atoms with E-state index in [2.05, 4.69) is 21.4 Å². The highest BCUT2D eigenvalue weighted by Gasteiger charge is 2.05. The van der Waals surface area contributed by atoms with Gasteiger partial charge in [-0.3, -0.25) is 4.79 Å². The van der Waals surface area contributed by atoms with Gasteiger partial charge < -0.3 is 9.72 Å². The molecule has 4 rings (SSSR count). The number of para-hydroxylation sites is 1. The molecule has 0 bridgehead atoms. The van der Waals surface area contributed by atoms with Crippen molar-refractivity contribution in [1.82, 2.24) is 19.7 Å². The lowest BCUT2D eigenvalue weighted by molar-refractivity contribution is -0.121. The molecule has 0 atom stereocenters. The van der Waals surface area contributed by atoms with Crippen LogP contribution in [0.15, 0.2) is 55.1 Å². The molecule has 3 aromatic heterocycles. The van der Waals surface area contributed by atoms with Crippen LogP contribution in [0.5, 0.6) is 0 Å². The first-order chi connectivity index (χ1) is 12.8. The third-order valence-electron chi connectivity index (χ3n) is 4.34. The molecule has 0 saturated heterocycles. The summed E-state index contributed by atoms with van der Waals surface area (Å²) in [4.78, 5) is 20.8. The normalized spacial score (nSPS) is 11.2. The molecule has 0 fully saturated rings. The molecule has 0 spiro atoms. The van der Waals surface area contributed by atoms with Crippen LogP contribution in [0.2, 0.25) is 0 Å². The Labute approximate surface area is 155 Å². The number of fused-ring (bicyclic) bond motifs is 2. The van der Waals surface area contributed by atoms with Crippen LogP contribution < -0.4 is 5.32 Å². The average Bonchev–Trinajstić information content (AvgIpc) is 3.29. The molecule has 0 aliphatic rings. The van der Waals surface area contributed by atoms with Crippen LogP contribution in [0, 0.1) is 0 Å². The van der Waals surface area contributed by atoms with Crippen molar-refractivity contribution in [2.24, 2.45) is 0 Å². The molecule has 6 heteroatoms. The van der Waals surface area contributed by atoms with Gasteiger partial charge in [-0.15, -0.1) is 11.3 Å². The SMILES string of the molecule is O=C(CCCCc1nc2ccccc2s1)NCc1ccc2cncn2c1. The van der Waals surface area contributed by atoms with Crippen molar-refractivity contribution in [1.29, 1.82) is 0 Å². The minimum atomic E-state index is 0.0972. The first-order valence-corrected chi connectivity index (χ1v) is 9.61. The Morgan fingerprint density at radius 1 is 1.15 bits per heavy atom. The maximum Gasteiger partial charge on any atom is 0.220 e. The number of nitrogens with zero attached hydrogens (tertiary/aromatic N) is 3. The summed E-state index contributed by atoms with van der Waals surface area (Å²) in [6.45, 7) is 0.546. The van der Waals surface area contributed by atoms with E-state index in [1.165, 1.54) is 4.70 Å². The molecule has 0 radical (unpaired) electrons. The number of aromatic nitrogens is 3. The summed E-state index contributed by atoms with van der Waals surface area (Å²) in [6, 6.07) is 12.2. The minimum absolute atomic E-state index is 0.0972. The number of imidazole rings is 1. The highest BCUT2D eigenvalue weighted by Crippen LogP contribution is 2.22. The Balaban J connectivity index is 1.20. The minimum Gasteiger partial charge on any atom is -0.352 e. The smallest absolute Gasteiger partial charge is 0.220 e. The zero-order valence-corrected chi connectivity index (χ0v) is 15.2. The average molecular weight is 364 g/mol. The highest BCUT2D eigenvalue weighted by molar-refractivity contribution is 7.18. The van der Waals surface area contributed by atoms with Gasteiger partial charge in [0.05, 0.1) is 33.3 Å². The number of unbranched alkanes of at least 4 members (excludes halogenated alkanes) is 1. The number of amides is 1. The Hall–Kier alpha value is -2.73. The summed E-state index contributed by atoms with van der Waals surface area (Å²) in [5, 5.41) is 4.14. The predicted octanol–water partition coefficient (Wildman–Crippen LogP) is 3.97. The van der Waals surface area contributed by atoms with Crippen molar-refractivity contribution in [3.8, 4) is 0 Å². The fourth-order valence-corrected chi connectivity index (χ4v) is 3.96. The van der Waals surface area contributed by atoms with Gasteiger partial charge in [-0.25, -0.2) is 9.97 Å². The van der Waals surface area contributed by atoms with Gasteiger partial charge in [0.2, 0.25) is 5.91 Å². The van der Waals surface area contributed by atoms with Crippen LogP contribution in [0.3, 0.4) is 0 Å². The molecule has 26 heavy (non-hydrogen) atoms. The van der Waals surface area contributed by atoms with Gasteiger partial charge in [0.25, 0.3) is 0 Å². The predicted molar refractivity (Wildman–Crippen MR) is 104 cm³/mol. The van der Waals surface area contributed by atoms with Crippen molar-refractivity contribution in [3.63, 3.8) is 0 Å². The van der Waals surface area contributed by atoms with E-state index < -0.39 is 0 Å². The quantitative estimate of drug-likeness (QED) is 0.505. The Bertz CT molecular complexity index is 1000. The first-order valence-electron chi connectivity index (χ1n) is 8.80. The summed E-state index contributed by atoms with van der Waals surface area (Å²) in [5.74, 6) is 0.0972. The molecular formula is C20H20N4OS. The van der Waals surface area contributed by atoms with Gasteiger partial charge in [0, 0.05) is 19.2 Å². The van der Waals surface area contributed by atoms with E-state index in [4.69, 9.17) is 0 Å². The van der Waals surface area contributed by atoms with Crippen LogP contribution in [0.1, 0.15) is 29.8 Å². The number of carbonyl (C=O) groups is 1. The van der Waals surface area contributed by atoms with Crippen molar-refractivity contribution in [2.75, 3.05) is 0 Å². The zero-order valence-electron chi connectivity index (χ0n) is 14.4. The number of hydrogen-bond acceptors (Lipinski definition) is 4. The monoisotopic (exact) mass is 364 g/mol. The fourth-order valence-electron chi connectivity index (χ4n) is 2.95. The molecule has 1 amide bonds. The largest absolute Gasteiger partial charge is 0.352 e. The van der Waals surface area contributed by atoms with Gasteiger partial charge in [0.1, 0.15) is 0 Å². The second kappa shape index (κ2) is 7.66. The fraction of sp³-hybridized carbons (Fsp3) is 0.250. The maximum atomic E-state index is 12.0. The van der Waals surface area contributed by atoms with Crippen LogP contribution in [-0.2, 0) is 17.8 Å². The molecule has 0 saturated carbocycles. The Morgan fingerprint density at radius 3 is 3.00 bits per heavy atom. The highest BCUT2D eigenvalue weighted by atomic mass is 32.1. The van der Waals surface area contributed by atoms with E-state index in [-0.39, 0.29) is 5.91 Å². The number of thiazole rings is 1. The van der Waals surface area contributed by atoms with Crippen molar-refractivity contribution >= 4 is 33.0 Å². The number of rotatable bonds is 7. The lowest BCUT2D eigenvalue weighted by Gasteiger charge is -2.06. The topological polar surface area (TPSA) is 59.3 Å². The van der Waals surface area contributed by atoms with E-state index in [1.807, 2.05) is 47.1 Å². The Kier molecular flexibility index (Phi) is 4.93. The van der Waals surface area contributed by atoms with Gasteiger partial charge in [-0.1, -0.05) is 18.2 Å². The summed E-state index contributed by atoms with van der Waals surface area (Å²) in [6.07, 6.45) is 8.92. The lowest BCUT2D eigenvalue weighted by Crippen LogP contribution is -2.22. The standard InChI is InChI=1S/C20H20N4OS/c25-19(22-11-15-9-10-16-12-21-14-24(16)13-15)7-3-4-8-20-23-17-5-1-2-6-18(17)26-20/h1-2,5-6,9-10,12-14H,3-4,7-8,11H2,(H,22,25). The van der Waals surface area contributed by atoms with Crippen molar-refractivity contribution in [3.05, 3.63) is 65.7 Å². The molecule has 132 valence electrons. The molecule has 1 N–H and O–H groups in total. The summed E-state index contributed by atoms with van der Waals surface area (Å²) in [5.41, 5.74) is 3.19. The third kappa shape index (κ3) is 3.91. The zero-order chi connectivity index (χ0) is 17.8. The molecule has 1 aromatic carbocycles. The van der Waals surface area contributed by atoms with Gasteiger partial charge >= 0.3 is 0 Å². The second-order valence-corrected chi connectivity index (χ2v) is 7.44. The van der Waals surface area contributed by atoms with Gasteiger partial charge in [0.15, 0.2) is 0 Å². The summed E-state index contributed by atoms with van der Waals surface area (Å²) >= 11 is 1.75. The summed E-state index contributed by atoms with van der Waals surface area (Å²) < 4.78 is 3.19. The number of aryl methyl sites for hydroxylation is 1. The van der Waals surface area contributed by atoms with E-state index in [0.29, 0.717) is 13.0 Å². The molecule has 5 nitrogen and oxygen atoms in total. The molecule has 0 unspecified atom stereocenters. The number of benzene rings is 1. The van der Waals surface area contributed by atoms with Crippen LogP contribution in [0.4, 0.5) is 0 Å². The first kappa shape index (κ1) is 16.7. The summed E-state index contributed by atoms with van der Waals surface area (Å²) in [7, 11) is 0. The lowest BCUT2D eigenvalue weighted by atomic mass is 10.2. The molecule has 3 heterocycles. The molecular weight excluding hydrogens is 344 g/mol. The maximum absolute atomic E-state index is 12.0. The molecule has 0 aliphatic carbocycles. The van der Waals surface area contributed by atoms with E-state index in [9.17, 15) is 4.79 Å². The number of pyridine rings is 1. The number of carbonyl (C=O) groups excluding carboxylic acids is 1. The molecule has 4 aromatic rings. The number of nitrogens with one attached hydrogen (secondary N) is 1. The van der Waals surface area contributed by atoms with Crippen molar-refractivity contribution in [2.45, 2.75) is 32.2 Å². The van der Waals surface area contributed by atoms with E-state index >= 15 is 0 Å². The van der Waals surface area contributed by atoms with Crippen LogP contribution in [0.25, 0.3) is 15.7 Å². The van der Waals surface area contributed by atoms with Gasteiger partial charge in [-0.05, 0) is 43.0 Å². The van der Waals surface area contributed by atoms with Crippen molar-refractivity contribution < 1.29 is 4.79 Å². The Morgan fingerprint density at radius 2 is 2.08 bits per heavy atom. The van der Waals surface area contributed by atoms with Gasteiger partial charge in [-0.2, -0.15) is 0 Å². The van der Waals surface area contributed by atoms with E-state index in [1.54, 1.807) is 17.7 Å². The molecule has 0 aliphatic heterocycles. The van der Waals surface area contributed by atoms with E-state index in [0.717, 1.165) is 40.9 Å². The third-order valence-corrected chi connectivity index (χ3v) is 5.44.